The Bertz CT molecular complexity index is 1110. The molecule has 3 aromatic rings. The molecule has 0 saturated carbocycles. The third-order valence-corrected chi connectivity index (χ3v) is 7.19. The van der Waals surface area contributed by atoms with Crippen molar-refractivity contribution in [3.05, 3.63) is 67.8 Å². The lowest BCUT2D eigenvalue weighted by molar-refractivity contribution is 0.0936. The molecule has 0 fully saturated rings. The van der Waals surface area contributed by atoms with E-state index in [0.717, 1.165) is 41.9 Å². The van der Waals surface area contributed by atoms with E-state index in [-0.39, 0.29) is 17.6 Å². The van der Waals surface area contributed by atoms with E-state index in [1.807, 2.05) is 12.1 Å². The van der Waals surface area contributed by atoms with Gasteiger partial charge in [-0.1, -0.05) is 6.07 Å². The summed E-state index contributed by atoms with van der Waals surface area (Å²) in [5.41, 5.74) is 3.47. The quantitative estimate of drug-likeness (QED) is 0.699. The van der Waals surface area contributed by atoms with Gasteiger partial charge in [0.1, 0.15) is 5.82 Å². The fraction of sp³-hybridized carbons (Fsp3) is 0.455. The summed E-state index contributed by atoms with van der Waals surface area (Å²) < 4.78 is 3.28. The second kappa shape index (κ2) is 8.18. The molecule has 1 aliphatic heterocycles. The summed E-state index contributed by atoms with van der Waals surface area (Å²) >= 11 is 1.57. The van der Waals surface area contributed by atoms with Crippen molar-refractivity contribution in [1.29, 1.82) is 0 Å². The van der Waals surface area contributed by atoms with E-state index in [9.17, 15) is 9.59 Å². The number of carbonyl (C=O) groups is 1. The zero-order chi connectivity index (χ0) is 20.5. The Hall–Kier alpha value is -2.74. The van der Waals surface area contributed by atoms with Gasteiger partial charge in [0.15, 0.2) is 0 Å². The van der Waals surface area contributed by atoms with E-state index < -0.39 is 0 Å². The van der Waals surface area contributed by atoms with Gasteiger partial charge in [0.05, 0.1) is 11.4 Å². The Balaban J connectivity index is 1.26. The van der Waals surface area contributed by atoms with E-state index >= 15 is 0 Å². The van der Waals surface area contributed by atoms with Crippen LogP contribution in [0.3, 0.4) is 0 Å². The first kappa shape index (κ1) is 19.2. The first-order chi connectivity index (χ1) is 14.7. The van der Waals surface area contributed by atoms with Gasteiger partial charge in [-0.3, -0.25) is 14.3 Å². The number of rotatable bonds is 4. The van der Waals surface area contributed by atoms with Crippen molar-refractivity contribution >= 4 is 17.2 Å². The topological polar surface area (TPSA) is 81.8 Å². The van der Waals surface area contributed by atoms with Gasteiger partial charge in [0.2, 0.25) is 0 Å². The van der Waals surface area contributed by atoms with E-state index in [4.69, 9.17) is 0 Å². The Morgan fingerprint density at radius 2 is 2.13 bits per heavy atom. The fourth-order valence-corrected chi connectivity index (χ4v) is 5.56. The zero-order valence-corrected chi connectivity index (χ0v) is 17.7. The molecular weight excluding hydrogens is 398 g/mol. The lowest BCUT2D eigenvalue weighted by atomic mass is 9.93. The van der Waals surface area contributed by atoms with Crippen molar-refractivity contribution in [2.24, 2.45) is 0 Å². The van der Waals surface area contributed by atoms with Gasteiger partial charge in [0, 0.05) is 31.4 Å². The molecule has 1 aliphatic carbocycles. The van der Waals surface area contributed by atoms with Crippen LogP contribution in [0, 0.1) is 0 Å². The molecule has 156 valence electrons. The highest BCUT2D eigenvalue weighted by atomic mass is 32.1. The first-order valence-corrected chi connectivity index (χ1v) is 11.5. The van der Waals surface area contributed by atoms with Crippen molar-refractivity contribution in [1.82, 2.24) is 24.6 Å². The van der Waals surface area contributed by atoms with Crippen LogP contribution >= 0.6 is 11.3 Å². The Labute approximate surface area is 178 Å². The van der Waals surface area contributed by atoms with Crippen molar-refractivity contribution in [3.63, 3.8) is 0 Å². The largest absolute Gasteiger partial charge is 0.349 e. The molecule has 1 N–H and O–H groups in total. The molecule has 30 heavy (non-hydrogen) atoms. The smallest absolute Gasteiger partial charge is 0.346 e. The molecule has 1 amide bonds. The number of thiophene rings is 1. The highest BCUT2D eigenvalue weighted by Gasteiger charge is 2.25. The molecule has 0 bridgehead atoms. The molecule has 0 spiro atoms. The maximum absolute atomic E-state index is 12.9. The summed E-state index contributed by atoms with van der Waals surface area (Å²) in [5, 5.41) is 9.93. The number of aryl methyl sites for hydroxylation is 2. The number of pyridine rings is 1. The number of carbonyl (C=O) groups excluding carboxylic acids is 1. The van der Waals surface area contributed by atoms with E-state index in [0.29, 0.717) is 19.5 Å². The summed E-state index contributed by atoms with van der Waals surface area (Å²) in [6.45, 7) is 1.00. The van der Waals surface area contributed by atoms with Gasteiger partial charge < -0.3 is 5.32 Å². The summed E-state index contributed by atoms with van der Waals surface area (Å²) in [4.78, 5) is 30.7. The van der Waals surface area contributed by atoms with Crippen LogP contribution in [-0.2, 0) is 32.4 Å². The highest BCUT2D eigenvalue weighted by molar-refractivity contribution is 7.12. The van der Waals surface area contributed by atoms with Crippen LogP contribution in [-0.4, -0.2) is 31.3 Å². The molecule has 8 heteroatoms. The van der Waals surface area contributed by atoms with E-state index in [1.54, 1.807) is 28.3 Å². The lowest BCUT2D eigenvalue weighted by Gasteiger charge is -2.17. The summed E-state index contributed by atoms with van der Waals surface area (Å²) in [6.07, 6.45) is 10.2. The molecular formula is C22H25N5O2S. The maximum atomic E-state index is 12.9. The van der Waals surface area contributed by atoms with Crippen LogP contribution in [0.4, 0.5) is 0 Å². The predicted octanol–water partition coefficient (Wildman–Crippen LogP) is 2.56. The second-order valence-electron chi connectivity index (χ2n) is 8.14. The standard InChI is InChI=1S/C22H25N5O2S/c28-21(20-18-6-2-1-5-16(18)14-30-20)24-17-7-8-19-25-27(22(29)26(19)11-9-17)13-15-4-3-10-23-12-15/h3-4,10,12,14,17H,1-2,5-9,11,13H2,(H,24,28). The van der Waals surface area contributed by atoms with E-state index in [2.05, 4.69) is 20.8 Å². The van der Waals surface area contributed by atoms with Crippen molar-refractivity contribution in [3.8, 4) is 0 Å². The van der Waals surface area contributed by atoms with Crippen molar-refractivity contribution in [2.45, 2.75) is 64.1 Å². The SMILES string of the molecule is O=C(NC1CCc2nn(Cc3cccnc3)c(=O)n2CC1)c1scc2c1CCCC2. The molecule has 2 aliphatic rings. The molecule has 3 aromatic heterocycles. The summed E-state index contributed by atoms with van der Waals surface area (Å²) in [7, 11) is 0. The minimum absolute atomic E-state index is 0.0432. The average Bonchev–Trinajstić information content (AvgIpc) is 3.26. The summed E-state index contributed by atoms with van der Waals surface area (Å²) in [5.74, 6) is 0.843. The minimum Gasteiger partial charge on any atom is -0.349 e. The van der Waals surface area contributed by atoms with Crippen molar-refractivity contribution in [2.75, 3.05) is 0 Å². The normalized spacial score (nSPS) is 18.3. The monoisotopic (exact) mass is 423 g/mol. The van der Waals surface area contributed by atoms with Crippen LogP contribution < -0.4 is 11.0 Å². The van der Waals surface area contributed by atoms with Gasteiger partial charge in [-0.2, -0.15) is 5.10 Å². The summed E-state index contributed by atoms with van der Waals surface area (Å²) in [6, 6.07) is 3.87. The Morgan fingerprint density at radius 1 is 1.23 bits per heavy atom. The molecule has 4 heterocycles. The molecule has 5 rings (SSSR count). The van der Waals surface area contributed by atoms with Gasteiger partial charge in [-0.25, -0.2) is 9.48 Å². The number of nitrogens with one attached hydrogen (secondary N) is 1. The zero-order valence-electron chi connectivity index (χ0n) is 16.8. The van der Waals surface area contributed by atoms with Gasteiger partial charge in [0.25, 0.3) is 5.91 Å². The molecule has 0 aromatic carbocycles. The molecule has 0 saturated heterocycles. The number of aromatic nitrogens is 4. The van der Waals surface area contributed by atoms with Crippen LogP contribution in [0.15, 0.2) is 34.7 Å². The van der Waals surface area contributed by atoms with Crippen LogP contribution in [0.1, 0.15) is 57.9 Å². The number of hydrogen-bond donors (Lipinski definition) is 1. The van der Waals surface area contributed by atoms with Crippen molar-refractivity contribution < 1.29 is 4.79 Å². The Kier molecular flexibility index (Phi) is 5.25. The van der Waals surface area contributed by atoms with Gasteiger partial charge in [-0.15, -0.1) is 11.3 Å². The fourth-order valence-electron chi connectivity index (χ4n) is 4.50. The maximum Gasteiger partial charge on any atom is 0.346 e. The molecule has 0 radical (unpaired) electrons. The predicted molar refractivity (Wildman–Crippen MR) is 115 cm³/mol. The van der Waals surface area contributed by atoms with Gasteiger partial charge in [-0.05, 0) is 66.7 Å². The third kappa shape index (κ3) is 3.71. The average molecular weight is 424 g/mol. The minimum atomic E-state index is -0.0897. The van der Waals surface area contributed by atoms with Crippen LogP contribution in [0.5, 0.6) is 0 Å². The lowest BCUT2D eigenvalue weighted by Crippen LogP contribution is -2.36. The van der Waals surface area contributed by atoms with Crippen LogP contribution in [0.25, 0.3) is 0 Å². The van der Waals surface area contributed by atoms with E-state index in [1.165, 1.54) is 28.7 Å². The third-order valence-electron chi connectivity index (χ3n) is 6.12. The first-order valence-electron chi connectivity index (χ1n) is 10.6. The Morgan fingerprint density at radius 3 is 3.00 bits per heavy atom. The second-order valence-corrected chi connectivity index (χ2v) is 9.02. The molecule has 7 nitrogen and oxygen atoms in total. The molecule has 1 unspecified atom stereocenters. The number of amides is 1. The molecule has 1 atom stereocenters. The highest BCUT2D eigenvalue weighted by Crippen LogP contribution is 2.30. The number of fused-ring (bicyclic) bond motifs is 2. The van der Waals surface area contributed by atoms with Gasteiger partial charge >= 0.3 is 5.69 Å². The van der Waals surface area contributed by atoms with Crippen LogP contribution in [0.2, 0.25) is 0 Å². The number of hydrogen-bond acceptors (Lipinski definition) is 5. The number of nitrogens with zero attached hydrogens (tertiary/aromatic N) is 4.